The fraction of sp³-hybridized carbons (Fsp3) is 0.474. The Bertz CT molecular complexity index is 676. The van der Waals surface area contributed by atoms with Gasteiger partial charge in [0.25, 0.3) is 0 Å². The summed E-state index contributed by atoms with van der Waals surface area (Å²) in [7, 11) is 1.31. The lowest BCUT2D eigenvalue weighted by atomic mass is 10.1. The van der Waals surface area contributed by atoms with Gasteiger partial charge in [-0.2, -0.15) is 0 Å². The summed E-state index contributed by atoms with van der Waals surface area (Å²) in [5.41, 5.74) is 6.16. The van der Waals surface area contributed by atoms with Gasteiger partial charge in [0.05, 0.1) is 25.7 Å². The first kappa shape index (κ1) is 20.5. The molecule has 1 amide bonds. The number of amides is 1. The number of aryl methyl sites for hydroxylation is 1. The highest BCUT2D eigenvalue weighted by molar-refractivity contribution is 5.73. The number of carbonyl (C=O) groups excluding carboxylic acids is 2. The first-order chi connectivity index (χ1) is 11.8. The highest BCUT2D eigenvalue weighted by Crippen LogP contribution is 2.23. The number of hydrogen-bond acceptors (Lipinski definition) is 4. The maximum atomic E-state index is 14.5. The van der Waals surface area contributed by atoms with Gasteiger partial charge < -0.3 is 15.2 Å². The van der Waals surface area contributed by atoms with Crippen molar-refractivity contribution in [3.05, 3.63) is 29.1 Å². The number of nitrogens with two attached hydrogens (primary N) is 1. The van der Waals surface area contributed by atoms with E-state index in [1.165, 1.54) is 7.11 Å². The van der Waals surface area contributed by atoms with E-state index in [-0.39, 0.29) is 48.6 Å². The molecule has 1 aromatic carbocycles. The first-order valence-electron chi connectivity index (χ1n) is 8.10. The quantitative estimate of drug-likeness (QED) is 0.578. The van der Waals surface area contributed by atoms with E-state index in [1.807, 2.05) is 13.8 Å². The van der Waals surface area contributed by atoms with Gasteiger partial charge in [-0.15, -0.1) is 0 Å². The zero-order valence-electron chi connectivity index (χ0n) is 14.9. The summed E-state index contributed by atoms with van der Waals surface area (Å²) in [5.74, 6) is 4.44. The van der Waals surface area contributed by atoms with Crippen molar-refractivity contribution in [2.45, 2.75) is 39.5 Å². The maximum Gasteiger partial charge on any atom is 0.306 e. The minimum absolute atomic E-state index is 0.0713. The summed E-state index contributed by atoms with van der Waals surface area (Å²) in [4.78, 5) is 21.8. The number of esters is 1. The molecular weight excluding hydrogens is 325 g/mol. The Kier molecular flexibility index (Phi) is 8.48. The molecule has 0 heterocycles. The normalized spacial score (nSPS) is 11.2. The van der Waals surface area contributed by atoms with Crippen molar-refractivity contribution in [2.24, 2.45) is 11.7 Å². The van der Waals surface area contributed by atoms with Crippen LogP contribution in [0.2, 0.25) is 0 Å². The zero-order chi connectivity index (χ0) is 18.8. The lowest BCUT2D eigenvalue weighted by Gasteiger charge is -2.14. The maximum absolute atomic E-state index is 14.5. The Morgan fingerprint density at radius 2 is 2.04 bits per heavy atom. The molecule has 0 aliphatic heterocycles. The number of methoxy groups -OCH3 is 1. The van der Waals surface area contributed by atoms with Crippen molar-refractivity contribution in [2.75, 3.05) is 13.7 Å². The molecule has 6 heteroatoms. The Balaban J connectivity index is 2.73. The van der Waals surface area contributed by atoms with Crippen molar-refractivity contribution < 1.29 is 23.5 Å². The number of ether oxygens (including phenoxy) is 2. The number of benzene rings is 1. The molecule has 1 atom stereocenters. The molecule has 2 N–H and O–H groups in total. The fourth-order valence-corrected chi connectivity index (χ4v) is 2.06. The molecule has 0 unspecified atom stereocenters. The molecule has 136 valence electrons. The van der Waals surface area contributed by atoms with Crippen LogP contribution in [0.3, 0.4) is 0 Å². The molecule has 0 bridgehead atoms. The molecule has 0 fully saturated rings. The van der Waals surface area contributed by atoms with E-state index >= 15 is 0 Å². The molecule has 0 aliphatic carbocycles. The second-order valence-electron chi connectivity index (χ2n) is 5.92. The van der Waals surface area contributed by atoms with Crippen molar-refractivity contribution in [3.63, 3.8) is 0 Å². The summed E-state index contributed by atoms with van der Waals surface area (Å²) in [6, 6.07) is 3.24. The zero-order valence-corrected chi connectivity index (χ0v) is 14.9. The largest absolute Gasteiger partial charge is 0.490 e. The van der Waals surface area contributed by atoms with Gasteiger partial charge in [0.15, 0.2) is 11.6 Å². The summed E-state index contributed by atoms with van der Waals surface area (Å²) in [6.07, 6.45) is 1.32. The van der Waals surface area contributed by atoms with Crippen LogP contribution in [0.5, 0.6) is 5.75 Å². The van der Waals surface area contributed by atoms with Crippen LogP contribution in [0.25, 0.3) is 0 Å². The third kappa shape index (κ3) is 7.71. The van der Waals surface area contributed by atoms with E-state index in [0.29, 0.717) is 12.8 Å². The standard InChI is InChI=1S/C19H24FNO4/c1-13(8-9-17(21)22)12-25-16-11-14(2)10-15(19(16)20)6-4-5-7-18(23)24-3/h10-11,13H,5,7-9,12H2,1-3H3,(H2,21,22)/t13-/m0/s1. The van der Waals surface area contributed by atoms with E-state index in [4.69, 9.17) is 10.5 Å². The summed E-state index contributed by atoms with van der Waals surface area (Å²) >= 11 is 0. The summed E-state index contributed by atoms with van der Waals surface area (Å²) < 4.78 is 24.5. The van der Waals surface area contributed by atoms with Crippen LogP contribution < -0.4 is 10.5 Å². The SMILES string of the molecule is COC(=O)CCC#Cc1cc(C)cc(OC[C@@H](C)CCC(N)=O)c1F. The van der Waals surface area contributed by atoms with Gasteiger partial charge in [-0.05, 0) is 37.0 Å². The van der Waals surface area contributed by atoms with Gasteiger partial charge >= 0.3 is 5.97 Å². The summed E-state index contributed by atoms with van der Waals surface area (Å²) in [6.45, 7) is 4.01. The highest BCUT2D eigenvalue weighted by atomic mass is 19.1. The van der Waals surface area contributed by atoms with E-state index in [1.54, 1.807) is 12.1 Å². The number of halogens is 1. The molecule has 1 rings (SSSR count). The summed E-state index contributed by atoms with van der Waals surface area (Å²) in [5, 5.41) is 0. The molecule has 5 nitrogen and oxygen atoms in total. The van der Waals surface area contributed by atoms with Gasteiger partial charge in [-0.25, -0.2) is 4.39 Å². The van der Waals surface area contributed by atoms with Crippen LogP contribution >= 0.6 is 0 Å². The lowest BCUT2D eigenvalue weighted by molar-refractivity contribution is -0.140. The van der Waals surface area contributed by atoms with Crippen molar-refractivity contribution in [1.29, 1.82) is 0 Å². The van der Waals surface area contributed by atoms with E-state index in [9.17, 15) is 14.0 Å². The smallest absolute Gasteiger partial charge is 0.306 e. The third-order valence-corrected chi connectivity index (χ3v) is 3.50. The van der Waals surface area contributed by atoms with Gasteiger partial charge in [-0.1, -0.05) is 18.8 Å². The van der Waals surface area contributed by atoms with Crippen molar-refractivity contribution in [3.8, 4) is 17.6 Å². The number of primary amides is 1. The monoisotopic (exact) mass is 349 g/mol. The third-order valence-electron chi connectivity index (χ3n) is 3.50. The predicted molar refractivity (Wildman–Crippen MR) is 92.4 cm³/mol. The van der Waals surface area contributed by atoms with Crippen LogP contribution in [0, 0.1) is 30.5 Å². The topological polar surface area (TPSA) is 78.6 Å². The van der Waals surface area contributed by atoms with Crippen molar-refractivity contribution in [1.82, 2.24) is 0 Å². The highest BCUT2D eigenvalue weighted by Gasteiger charge is 2.12. The van der Waals surface area contributed by atoms with E-state index in [2.05, 4.69) is 16.6 Å². The van der Waals surface area contributed by atoms with Crippen LogP contribution in [0.4, 0.5) is 4.39 Å². The Hall–Kier alpha value is -2.55. The second-order valence-corrected chi connectivity index (χ2v) is 5.92. The van der Waals surface area contributed by atoms with Crippen LogP contribution in [-0.4, -0.2) is 25.6 Å². The molecular formula is C19H24FNO4. The fourth-order valence-electron chi connectivity index (χ4n) is 2.06. The van der Waals surface area contributed by atoms with Crippen LogP contribution in [-0.2, 0) is 14.3 Å². The van der Waals surface area contributed by atoms with Crippen molar-refractivity contribution >= 4 is 11.9 Å². The minimum atomic E-state index is -0.529. The van der Waals surface area contributed by atoms with Gasteiger partial charge in [0.1, 0.15) is 0 Å². The Morgan fingerprint density at radius 1 is 1.32 bits per heavy atom. The van der Waals surface area contributed by atoms with Crippen LogP contribution in [0.15, 0.2) is 12.1 Å². The van der Waals surface area contributed by atoms with E-state index in [0.717, 1.165) is 5.56 Å². The molecule has 0 spiro atoms. The molecule has 25 heavy (non-hydrogen) atoms. The predicted octanol–water partition coefficient (Wildman–Crippen LogP) is 2.72. The average Bonchev–Trinajstić information content (AvgIpc) is 2.57. The lowest BCUT2D eigenvalue weighted by Crippen LogP contribution is -2.15. The number of rotatable bonds is 8. The molecule has 0 aliphatic rings. The Labute approximate surface area is 147 Å². The number of hydrogen-bond donors (Lipinski definition) is 1. The van der Waals surface area contributed by atoms with Gasteiger partial charge in [-0.3, -0.25) is 9.59 Å². The average molecular weight is 349 g/mol. The molecule has 0 saturated carbocycles. The minimum Gasteiger partial charge on any atom is -0.490 e. The van der Waals surface area contributed by atoms with E-state index < -0.39 is 5.82 Å². The molecule has 1 aromatic rings. The molecule has 0 aromatic heterocycles. The number of carbonyl (C=O) groups is 2. The second kappa shape index (κ2) is 10.3. The van der Waals surface area contributed by atoms with Gasteiger partial charge in [0.2, 0.25) is 5.91 Å². The van der Waals surface area contributed by atoms with Gasteiger partial charge in [0, 0.05) is 12.8 Å². The Morgan fingerprint density at radius 3 is 2.68 bits per heavy atom. The van der Waals surface area contributed by atoms with Crippen LogP contribution in [0.1, 0.15) is 43.7 Å². The molecule has 0 saturated heterocycles. The molecule has 0 radical (unpaired) electrons. The first-order valence-corrected chi connectivity index (χ1v) is 8.10.